The molecule has 0 saturated carbocycles. The minimum Gasteiger partial charge on any atom is -0.594 e. The summed E-state index contributed by atoms with van der Waals surface area (Å²) in [5.74, 6) is -0.00556. The molecule has 14 heavy (non-hydrogen) atoms. The number of hydrogen-bond acceptors (Lipinski definition) is 5. The van der Waals surface area contributed by atoms with Gasteiger partial charge in [0.1, 0.15) is 0 Å². The van der Waals surface area contributed by atoms with Crippen LogP contribution in [0.2, 0.25) is 0 Å². The van der Waals surface area contributed by atoms with Crippen molar-refractivity contribution in [2.75, 3.05) is 12.0 Å². The number of benzene rings is 1. The van der Waals surface area contributed by atoms with Gasteiger partial charge in [0.05, 0.1) is 5.10 Å². The molecule has 2 N–H and O–H groups in total. The van der Waals surface area contributed by atoms with Gasteiger partial charge in [-0.05, 0) is 17.2 Å². The van der Waals surface area contributed by atoms with Crippen LogP contribution in [0.15, 0.2) is 23.1 Å². The zero-order chi connectivity index (χ0) is 10.1. The summed E-state index contributed by atoms with van der Waals surface area (Å²) in [6.07, 6.45) is 1.92. The molecule has 0 atom stereocenters. The van der Waals surface area contributed by atoms with Crippen LogP contribution < -0.4 is 10.6 Å². The van der Waals surface area contributed by atoms with Gasteiger partial charge in [0.25, 0.3) is 11.5 Å². The maximum Gasteiger partial charge on any atom is 0.288 e. The third-order valence-corrected chi connectivity index (χ3v) is 2.59. The number of fused-ring (bicyclic) bond motifs is 1. The zero-order valence-corrected chi connectivity index (χ0v) is 8.28. The van der Waals surface area contributed by atoms with Gasteiger partial charge in [-0.25, -0.2) is 4.98 Å². The Labute approximate surface area is 84.5 Å². The van der Waals surface area contributed by atoms with E-state index in [2.05, 4.69) is 10.1 Å². The van der Waals surface area contributed by atoms with Crippen LogP contribution in [0.5, 0.6) is 0 Å². The summed E-state index contributed by atoms with van der Waals surface area (Å²) in [6, 6.07) is 5.35. The number of nitrogen functional groups attached to an aromatic ring is 1. The first kappa shape index (κ1) is 9.01. The van der Waals surface area contributed by atoms with Crippen LogP contribution in [0, 0.1) is 5.21 Å². The van der Waals surface area contributed by atoms with Gasteiger partial charge in [-0.15, -0.1) is 11.8 Å². The minimum atomic E-state index is -0.00556. The van der Waals surface area contributed by atoms with Gasteiger partial charge in [0.15, 0.2) is 5.52 Å². The maximum atomic E-state index is 11.3. The Morgan fingerprint density at radius 2 is 2.29 bits per heavy atom. The highest BCUT2D eigenvalue weighted by atomic mass is 32.2. The van der Waals surface area contributed by atoms with E-state index in [1.807, 2.05) is 12.3 Å². The lowest BCUT2D eigenvalue weighted by molar-refractivity contribution is -0.641. The number of nitrogens with zero attached hydrogens (tertiary/aromatic N) is 3. The monoisotopic (exact) mass is 208 g/mol. The van der Waals surface area contributed by atoms with Crippen LogP contribution in [0.1, 0.15) is 0 Å². The summed E-state index contributed by atoms with van der Waals surface area (Å²) in [6.45, 7) is 0. The summed E-state index contributed by atoms with van der Waals surface area (Å²) < 4.78 is 0. The maximum absolute atomic E-state index is 11.3. The molecule has 6 heteroatoms. The van der Waals surface area contributed by atoms with Gasteiger partial charge in [-0.1, -0.05) is 6.07 Å². The molecule has 2 aromatic rings. The molecule has 72 valence electrons. The van der Waals surface area contributed by atoms with Crippen LogP contribution >= 0.6 is 11.8 Å². The van der Waals surface area contributed by atoms with E-state index in [4.69, 9.17) is 5.73 Å². The largest absolute Gasteiger partial charge is 0.594 e. The number of rotatable bonds is 1. The molecule has 0 saturated heterocycles. The number of aromatic nitrogens is 3. The second kappa shape index (κ2) is 3.30. The minimum absolute atomic E-state index is 0.00556. The van der Waals surface area contributed by atoms with Crippen molar-refractivity contribution in [2.24, 2.45) is 0 Å². The Balaban J connectivity index is 2.86. The molecule has 2 rings (SSSR count). The molecule has 0 spiro atoms. The molecule has 0 aliphatic heterocycles. The van der Waals surface area contributed by atoms with E-state index in [0.29, 0.717) is 15.9 Å². The predicted molar refractivity (Wildman–Crippen MR) is 54.7 cm³/mol. The number of anilines is 1. The lowest BCUT2D eigenvalue weighted by Gasteiger charge is -2.02. The lowest BCUT2D eigenvalue weighted by Crippen LogP contribution is -2.33. The van der Waals surface area contributed by atoms with Crippen molar-refractivity contribution < 1.29 is 4.85 Å². The van der Waals surface area contributed by atoms with Crippen molar-refractivity contribution in [3.05, 3.63) is 23.4 Å². The molecular weight excluding hydrogens is 200 g/mol. The van der Waals surface area contributed by atoms with Crippen molar-refractivity contribution in [3.63, 3.8) is 0 Å². The van der Waals surface area contributed by atoms with Crippen molar-refractivity contribution in [3.8, 4) is 0 Å². The van der Waals surface area contributed by atoms with Crippen LogP contribution in [-0.2, 0) is 0 Å². The molecule has 0 aliphatic rings. The number of hydrogen-bond donors (Lipinski definition) is 1. The molecule has 0 radical (unpaired) electrons. The fraction of sp³-hybridized carbons (Fsp3) is 0.125. The van der Waals surface area contributed by atoms with Gasteiger partial charge in [-0.2, -0.15) is 0 Å². The first-order valence-electron chi connectivity index (χ1n) is 3.92. The second-order valence-corrected chi connectivity index (χ2v) is 3.52. The molecule has 0 amide bonds. The summed E-state index contributed by atoms with van der Waals surface area (Å²) in [5, 5.41) is 14.8. The Hall–Kier alpha value is -1.56. The van der Waals surface area contributed by atoms with E-state index in [9.17, 15) is 5.21 Å². The molecule has 0 aliphatic carbocycles. The SMILES string of the molecule is CSc1cccc2c1nc(N)n[n+]2[O-]. The summed E-state index contributed by atoms with van der Waals surface area (Å²) in [7, 11) is 0. The van der Waals surface area contributed by atoms with Crippen LogP contribution in [-0.4, -0.2) is 16.3 Å². The highest BCUT2D eigenvalue weighted by molar-refractivity contribution is 7.98. The summed E-state index contributed by atoms with van der Waals surface area (Å²) in [5.41, 5.74) is 6.43. The first-order valence-corrected chi connectivity index (χ1v) is 5.15. The molecule has 0 unspecified atom stereocenters. The Kier molecular flexibility index (Phi) is 2.12. The molecule has 1 aromatic heterocycles. The number of para-hydroxylation sites is 1. The predicted octanol–water partition coefficient (Wildman–Crippen LogP) is 0.567. The smallest absolute Gasteiger partial charge is 0.288 e. The molecule has 1 heterocycles. The van der Waals surface area contributed by atoms with Crippen LogP contribution in [0.25, 0.3) is 11.0 Å². The van der Waals surface area contributed by atoms with Crippen molar-refractivity contribution >= 4 is 28.7 Å². The molecule has 0 bridgehead atoms. The Bertz CT molecular complexity index is 488. The molecule has 0 fully saturated rings. The Morgan fingerprint density at radius 3 is 3.00 bits per heavy atom. The standard InChI is InChI=1S/C8H8N4OS/c1-14-6-4-2-3-5-7(6)10-8(9)11-12(5)13/h2-4H,1H3,(H2,9,10,11). The van der Waals surface area contributed by atoms with Gasteiger partial charge < -0.3 is 10.9 Å². The number of nitrogens with two attached hydrogens (primary N) is 1. The van der Waals surface area contributed by atoms with Crippen molar-refractivity contribution in [1.29, 1.82) is 0 Å². The fourth-order valence-corrected chi connectivity index (χ4v) is 1.78. The molecule has 1 aromatic carbocycles. The summed E-state index contributed by atoms with van der Waals surface area (Å²) >= 11 is 1.52. The van der Waals surface area contributed by atoms with Gasteiger partial charge in [0.2, 0.25) is 0 Å². The van der Waals surface area contributed by atoms with Crippen LogP contribution in [0.3, 0.4) is 0 Å². The fourth-order valence-electron chi connectivity index (χ4n) is 1.23. The third-order valence-electron chi connectivity index (χ3n) is 1.82. The van der Waals surface area contributed by atoms with Crippen molar-refractivity contribution in [2.45, 2.75) is 4.90 Å². The van der Waals surface area contributed by atoms with E-state index < -0.39 is 0 Å². The number of thioether (sulfide) groups is 1. The van der Waals surface area contributed by atoms with E-state index in [0.717, 1.165) is 4.90 Å². The third kappa shape index (κ3) is 1.33. The van der Waals surface area contributed by atoms with E-state index in [1.54, 1.807) is 12.1 Å². The summed E-state index contributed by atoms with van der Waals surface area (Å²) in [4.78, 5) is 5.45. The zero-order valence-electron chi connectivity index (χ0n) is 7.47. The van der Waals surface area contributed by atoms with Gasteiger partial charge in [-0.3, -0.25) is 0 Å². The Morgan fingerprint density at radius 1 is 1.50 bits per heavy atom. The highest BCUT2D eigenvalue weighted by Gasteiger charge is 2.11. The van der Waals surface area contributed by atoms with Gasteiger partial charge in [0, 0.05) is 11.0 Å². The molecular formula is C8H8N4OS. The van der Waals surface area contributed by atoms with Gasteiger partial charge >= 0.3 is 0 Å². The lowest BCUT2D eigenvalue weighted by atomic mass is 10.3. The van der Waals surface area contributed by atoms with E-state index in [-0.39, 0.29) is 5.95 Å². The van der Waals surface area contributed by atoms with Crippen molar-refractivity contribution in [1.82, 2.24) is 10.1 Å². The second-order valence-electron chi connectivity index (χ2n) is 2.67. The van der Waals surface area contributed by atoms with E-state index in [1.165, 1.54) is 11.8 Å². The normalized spacial score (nSPS) is 10.6. The van der Waals surface area contributed by atoms with Crippen LogP contribution in [0.4, 0.5) is 5.95 Å². The first-order chi connectivity index (χ1) is 6.72. The average Bonchev–Trinajstić information content (AvgIpc) is 2.17. The van der Waals surface area contributed by atoms with E-state index >= 15 is 0 Å². The average molecular weight is 208 g/mol. The highest BCUT2D eigenvalue weighted by Crippen LogP contribution is 2.22. The molecule has 5 nitrogen and oxygen atoms in total. The quantitative estimate of drug-likeness (QED) is 0.421. The topological polar surface area (TPSA) is 78.7 Å².